The lowest BCUT2D eigenvalue weighted by molar-refractivity contribution is -0.164. The maximum atomic E-state index is 12.9. The first-order valence-electron chi connectivity index (χ1n) is 7.89. The van der Waals surface area contributed by atoms with E-state index in [1.54, 1.807) is 0 Å². The summed E-state index contributed by atoms with van der Waals surface area (Å²) in [5.74, 6) is 0.552. The van der Waals surface area contributed by atoms with E-state index in [1.165, 1.54) is 0 Å². The second kappa shape index (κ2) is 5.23. The van der Waals surface area contributed by atoms with Crippen LogP contribution in [0.3, 0.4) is 0 Å². The summed E-state index contributed by atoms with van der Waals surface area (Å²) in [6, 6.07) is -0.219. The van der Waals surface area contributed by atoms with E-state index in [1.807, 2.05) is 9.80 Å². The van der Waals surface area contributed by atoms with Gasteiger partial charge in [0.25, 0.3) is 0 Å². The van der Waals surface area contributed by atoms with E-state index in [0.717, 1.165) is 38.6 Å². The van der Waals surface area contributed by atoms with Gasteiger partial charge in [-0.25, -0.2) is 0 Å². The second-order valence-corrected chi connectivity index (χ2v) is 6.56. The quantitative estimate of drug-likeness (QED) is 0.723. The monoisotopic (exact) mass is 276 g/mol. The number of carbonyl (C=O) groups excluding carboxylic acids is 2. The topological polar surface area (TPSA) is 40.6 Å². The Kier molecular flexibility index (Phi) is 3.57. The van der Waals surface area contributed by atoms with Gasteiger partial charge in [0.05, 0.1) is 0 Å². The highest BCUT2D eigenvalue weighted by molar-refractivity contribution is 5.97. The van der Waals surface area contributed by atoms with Crippen molar-refractivity contribution in [3.63, 3.8) is 0 Å². The molecule has 0 aromatic heterocycles. The molecular weight excluding hydrogens is 252 g/mol. The predicted molar refractivity (Wildman–Crippen MR) is 77.0 cm³/mol. The molecule has 0 N–H and O–H groups in total. The minimum absolute atomic E-state index is 0.177. The van der Waals surface area contributed by atoms with Crippen molar-refractivity contribution >= 4 is 11.8 Å². The summed E-state index contributed by atoms with van der Waals surface area (Å²) in [7, 11) is 0. The first kappa shape index (κ1) is 13.7. The van der Waals surface area contributed by atoms with Crippen LogP contribution in [0, 0.1) is 5.92 Å². The average Bonchev–Trinajstić information content (AvgIpc) is 2.93. The molecular formula is C16H24N2O2. The fraction of sp³-hybridized carbons (Fsp3) is 0.750. The van der Waals surface area contributed by atoms with Crippen LogP contribution in [0.25, 0.3) is 0 Å². The molecule has 2 fully saturated rings. The molecule has 3 aliphatic rings. The lowest BCUT2D eigenvalue weighted by Crippen LogP contribution is -2.66. The zero-order valence-corrected chi connectivity index (χ0v) is 12.4. The van der Waals surface area contributed by atoms with E-state index >= 15 is 0 Å². The molecule has 0 radical (unpaired) electrons. The van der Waals surface area contributed by atoms with Crippen LogP contribution in [-0.2, 0) is 9.59 Å². The van der Waals surface area contributed by atoms with Gasteiger partial charge in [0.15, 0.2) is 0 Å². The highest BCUT2D eigenvalue weighted by Gasteiger charge is 2.50. The summed E-state index contributed by atoms with van der Waals surface area (Å²) in [5.41, 5.74) is 0. The van der Waals surface area contributed by atoms with Gasteiger partial charge in [0, 0.05) is 12.6 Å². The molecule has 0 saturated carbocycles. The summed E-state index contributed by atoms with van der Waals surface area (Å²) < 4.78 is 0. The Bertz CT molecular complexity index is 444. The maximum Gasteiger partial charge on any atom is 0.246 e. The number of hydrogen-bond donors (Lipinski definition) is 0. The van der Waals surface area contributed by atoms with Crippen molar-refractivity contribution in [1.29, 1.82) is 0 Å². The minimum atomic E-state index is -0.256. The molecule has 20 heavy (non-hydrogen) atoms. The molecule has 3 rings (SSSR count). The molecule has 110 valence electrons. The number of hydrogen-bond acceptors (Lipinski definition) is 2. The minimum Gasteiger partial charge on any atom is -0.329 e. The molecule has 0 aromatic rings. The zero-order chi connectivity index (χ0) is 14.3. The molecule has 0 spiro atoms. The summed E-state index contributed by atoms with van der Waals surface area (Å²) in [6.45, 7) is 4.87. The molecule has 2 aliphatic heterocycles. The Balaban J connectivity index is 1.93. The van der Waals surface area contributed by atoms with Crippen LogP contribution in [0.1, 0.15) is 46.0 Å². The number of carbonyl (C=O) groups is 2. The third-order valence-electron chi connectivity index (χ3n) is 4.89. The van der Waals surface area contributed by atoms with E-state index in [9.17, 15) is 9.59 Å². The number of fused-ring (bicyclic) bond motifs is 1. The van der Waals surface area contributed by atoms with Crippen LogP contribution in [-0.4, -0.2) is 46.3 Å². The number of rotatable bonds is 2. The van der Waals surface area contributed by atoms with E-state index in [4.69, 9.17) is 0 Å². The van der Waals surface area contributed by atoms with Gasteiger partial charge in [0.1, 0.15) is 12.1 Å². The van der Waals surface area contributed by atoms with Crippen molar-refractivity contribution in [3.8, 4) is 0 Å². The predicted octanol–water partition coefficient (Wildman–Crippen LogP) is 1.95. The zero-order valence-electron chi connectivity index (χ0n) is 12.4. The number of allylic oxidation sites excluding steroid dienone is 1. The van der Waals surface area contributed by atoms with E-state index < -0.39 is 0 Å². The van der Waals surface area contributed by atoms with E-state index in [0.29, 0.717) is 0 Å². The molecule has 0 aromatic carbocycles. The lowest BCUT2D eigenvalue weighted by Gasteiger charge is -2.47. The fourth-order valence-corrected chi connectivity index (χ4v) is 3.93. The van der Waals surface area contributed by atoms with E-state index in [2.05, 4.69) is 26.0 Å². The molecule has 3 unspecified atom stereocenters. The van der Waals surface area contributed by atoms with Crippen molar-refractivity contribution in [2.24, 2.45) is 5.92 Å². The molecule has 2 amide bonds. The van der Waals surface area contributed by atoms with Crippen LogP contribution < -0.4 is 0 Å². The van der Waals surface area contributed by atoms with Crippen LogP contribution >= 0.6 is 0 Å². The summed E-state index contributed by atoms with van der Waals surface area (Å²) in [4.78, 5) is 29.4. The highest BCUT2D eigenvalue weighted by atomic mass is 16.2. The normalized spacial score (nSPS) is 34.0. The largest absolute Gasteiger partial charge is 0.329 e. The molecule has 0 bridgehead atoms. The first-order chi connectivity index (χ1) is 9.61. The maximum absolute atomic E-state index is 12.9. The summed E-state index contributed by atoms with van der Waals surface area (Å²) in [6.07, 6.45) is 9.05. The standard InChI is InChI=1S/C16H24N2O2/c1-11(2)14-16(20)17-10-6-9-13(17)15(19)18(14)12-7-4-3-5-8-12/h3-4,11-14H,5-10H2,1-2H3. The van der Waals surface area contributed by atoms with Gasteiger partial charge in [-0.05, 0) is 38.0 Å². The van der Waals surface area contributed by atoms with Gasteiger partial charge < -0.3 is 9.80 Å². The Labute approximate surface area is 120 Å². The Morgan fingerprint density at radius 3 is 2.60 bits per heavy atom. The number of piperazine rings is 1. The van der Waals surface area contributed by atoms with Crippen molar-refractivity contribution in [2.45, 2.75) is 64.1 Å². The van der Waals surface area contributed by atoms with Crippen molar-refractivity contribution in [3.05, 3.63) is 12.2 Å². The number of nitrogens with zero attached hydrogens (tertiary/aromatic N) is 2. The van der Waals surface area contributed by atoms with Crippen molar-refractivity contribution in [2.75, 3.05) is 6.54 Å². The van der Waals surface area contributed by atoms with Crippen LogP contribution in [0.2, 0.25) is 0 Å². The van der Waals surface area contributed by atoms with E-state index in [-0.39, 0.29) is 35.9 Å². The molecule has 1 aliphatic carbocycles. The first-order valence-corrected chi connectivity index (χ1v) is 7.89. The molecule has 4 nitrogen and oxygen atoms in total. The van der Waals surface area contributed by atoms with Gasteiger partial charge in [-0.2, -0.15) is 0 Å². The number of amides is 2. The second-order valence-electron chi connectivity index (χ2n) is 6.56. The Morgan fingerprint density at radius 2 is 1.95 bits per heavy atom. The van der Waals surface area contributed by atoms with Crippen molar-refractivity contribution in [1.82, 2.24) is 9.80 Å². The van der Waals surface area contributed by atoms with Crippen molar-refractivity contribution < 1.29 is 9.59 Å². The Morgan fingerprint density at radius 1 is 1.15 bits per heavy atom. The van der Waals surface area contributed by atoms with Gasteiger partial charge in [-0.1, -0.05) is 26.0 Å². The lowest BCUT2D eigenvalue weighted by atomic mass is 9.90. The molecule has 2 heterocycles. The van der Waals surface area contributed by atoms with Gasteiger partial charge >= 0.3 is 0 Å². The highest BCUT2D eigenvalue weighted by Crippen LogP contribution is 2.33. The van der Waals surface area contributed by atoms with Gasteiger partial charge in [-0.15, -0.1) is 0 Å². The fourth-order valence-electron chi connectivity index (χ4n) is 3.93. The molecule has 4 heteroatoms. The Hall–Kier alpha value is -1.32. The SMILES string of the molecule is CC(C)C1C(=O)N2CCCC2C(=O)N1C1CC=CCC1. The molecule has 2 saturated heterocycles. The van der Waals surface area contributed by atoms with Crippen LogP contribution in [0.5, 0.6) is 0 Å². The smallest absolute Gasteiger partial charge is 0.246 e. The van der Waals surface area contributed by atoms with Gasteiger partial charge in [-0.3, -0.25) is 9.59 Å². The third kappa shape index (κ3) is 2.05. The summed E-state index contributed by atoms with van der Waals surface area (Å²) >= 11 is 0. The summed E-state index contributed by atoms with van der Waals surface area (Å²) in [5, 5.41) is 0. The van der Waals surface area contributed by atoms with Gasteiger partial charge in [0.2, 0.25) is 11.8 Å². The molecule has 3 atom stereocenters. The average molecular weight is 276 g/mol. The third-order valence-corrected chi connectivity index (χ3v) is 4.89. The van der Waals surface area contributed by atoms with Crippen LogP contribution in [0.4, 0.5) is 0 Å². The van der Waals surface area contributed by atoms with Crippen LogP contribution in [0.15, 0.2) is 12.2 Å².